The van der Waals surface area contributed by atoms with Gasteiger partial charge in [-0.1, -0.05) is 18.6 Å². The van der Waals surface area contributed by atoms with Crippen molar-refractivity contribution in [2.24, 2.45) is 17.8 Å². The van der Waals surface area contributed by atoms with Crippen LogP contribution in [0.15, 0.2) is 36.5 Å². The fraction of sp³-hybridized carbons (Fsp3) is 0.458. The minimum atomic E-state index is -0.558. The second-order valence-electron chi connectivity index (χ2n) is 9.46. The quantitative estimate of drug-likeness (QED) is 0.841. The number of amides is 2. The summed E-state index contributed by atoms with van der Waals surface area (Å²) in [4.78, 5) is 29.8. The molecule has 1 aromatic carbocycles. The third kappa shape index (κ3) is 2.63. The Labute approximate surface area is 170 Å². The van der Waals surface area contributed by atoms with Crippen molar-refractivity contribution in [1.82, 2.24) is 4.98 Å². The molecule has 6 rings (SSSR count). The molecule has 2 amide bonds. The Morgan fingerprint density at radius 1 is 1.17 bits per heavy atom. The fourth-order valence-electron chi connectivity index (χ4n) is 6.42. The monoisotopic (exact) mass is 387 g/mol. The molecule has 1 spiro atoms. The molecule has 2 unspecified atom stereocenters. The van der Waals surface area contributed by atoms with Gasteiger partial charge in [-0.3, -0.25) is 9.59 Å². The van der Waals surface area contributed by atoms with Crippen LogP contribution in [0, 0.1) is 17.8 Å². The molecule has 5 nitrogen and oxygen atoms in total. The van der Waals surface area contributed by atoms with Crippen LogP contribution in [0.4, 0.5) is 11.5 Å². The van der Waals surface area contributed by atoms with Crippen LogP contribution in [0.5, 0.6) is 0 Å². The molecule has 2 bridgehead atoms. The first-order valence-corrected chi connectivity index (χ1v) is 10.8. The smallest absolute Gasteiger partial charge is 0.237 e. The number of carbonyl (C=O) groups excluding carboxylic acids is 2. The van der Waals surface area contributed by atoms with Crippen molar-refractivity contribution in [3.8, 4) is 0 Å². The van der Waals surface area contributed by atoms with E-state index in [4.69, 9.17) is 0 Å². The normalized spacial score (nSPS) is 31.0. The minimum Gasteiger partial charge on any atom is -0.326 e. The van der Waals surface area contributed by atoms with Gasteiger partial charge in [0.1, 0.15) is 5.82 Å². The number of rotatable bonds is 3. The molecule has 0 saturated heterocycles. The van der Waals surface area contributed by atoms with Crippen molar-refractivity contribution in [1.29, 1.82) is 0 Å². The summed E-state index contributed by atoms with van der Waals surface area (Å²) < 4.78 is 0. The number of benzene rings is 1. The SMILES string of the molecule is O=C(CC1C[C@@H]2CC[C@H]1C2)Nc1ccc2c(c1)CC1(C2)C(=O)Nc2ncccc21. The van der Waals surface area contributed by atoms with Crippen molar-refractivity contribution >= 4 is 23.3 Å². The Hall–Kier alpha value is -2.69. The average Bonchev–Trinajstić information content (AvgIpc) is 3.46. The van der Waals surface area contributed by atoms with Crippen LogP contribution < -0.4 is 10.6 Å². The molecule has 2 N–H and O–H groups in total. The van der Waals surface area contributed by atoms with Crippen LogP contribution in [-0.4, -0.2) is 16.8 Å². The Morgan fingerprint density at radius 2 is 2.07 bits per heavy atom. The highest BCUT2D eigenvalue weighted by Gasteiger charge is 2.51. The van der Waals surface area contributed by atoms with E-state index in [2.05, 4.69) is 27.8 Å². The van der Waals surface area contributed by atoms with Gasteiger partial charge < -0.3 is 10.6 Å². The lowest BCUT2D eigenvalue weighted by molar-refractivity contribution is -0.120. The predicted molar refractivity (Wildman–Crippen MR) is 111 cm³/mol. The van der Waals surface area contributed by atoms with Crippen LogP contribution >= 0.6 is 0 Å². The molecule has 1 aromatic heterocycles. The molecule has 4 aliphatic rings. The second-order valence-corrected chi connectivity index (χ2v) is 9.46. The number of nitrogens with zero attached hydrogens (tertiary/aromatic N) is 1. The molecule has 2 aromatic rings. The van der Waals surface area contributed by atoms with E-state index < -0.39 is 5.41 Å². The summed E-state index contributed by atoms with van der Waals surface area (Å²) >= 11 is 0. The largest absolute Gasteiger partial charge is 0.326 e. The number of pyridine rings is 1. The van der Waals surface area contributed by atoms with Crippen LogP contribution in [0.2, 0.25) is 0 Å². The lowest BCUT2D eigenvalue weighted by atomic mass is 9.79. The van der Waals surface area contributed by atoms with E-state index >= 15 is 0 Å². The highest BCUT2D eigenvalue weighted by atomic mass is 16.2. The Kier molecular flexibility index (Phi) is 3.65. The number of nitrogens with one attached hydrogen (secondary N) is 2. The molecule has 2 fully saturated rings. The van der Waals surface area contributed by atoms with Gasteiger partial charge in [-0.05, 0) is 79.2 Å². The molecule has 3 aliphatic carbocycles. The van der Waals surface area contributed by atoms with Gasteiger partial charge in [0.05, 0.1) is 5.41 Å². The topological polar surface area (TPSA) is 71.1 Å². The summed E-state index contributed by atoms with van der Waals surface area (Å²) in [6.45, 7) is 0. The van der Waals surface area contributed by atoms with Gasteiger partial charge in [-0.25, -0.2) is 4.98 Å². The zero-order valence-corrected chi connectivity index (χ0v) is 16.4. The van der Waals surface area contributed by atoms with E-state index in [0.29, 0.717) is 31.0 Å². The van der Waals surface area contributed by atoms with E-state index in [-0.39, 0.29) is 11.8 Å². The number of fused-ring (bicyclic) bond motifs is 5. The van der Waals surface area contributed by atoms with Gasteiger partial charge >= 0.3 is 0 Å². The number of aromatic nitrogens is 1. The first-order chi connectivity index (χ1) is 14.1. The third-order valence-corrected chi connectivity index (χ3v) is 7.80. The third-order valence-electron chi connectivity index (χ3n) is 7.80. The van der Waals surface area contributed by atoms with Crippen molar-refractivity contribution in [2.75, 3.05) is 10.6 Å². The summed E-state index contributed by atoms with van der Waals surface area (Å²) in [7, 11) is 0. The van der Waals surface area contributed by atoms with Gasteiger partial charge in [0.15, 0.2) is 0 Å². The molecule has 4 atom stereocenters. The molecule has 0 radical (unpaired) electrons. The maximum Gasteiger partial charge on any atom is 0.237 e. The van der Waals surface area contributed by atoms with Gasteiger partial charge in [0.2, 0.25) is 11.8 Å². The van der Waals surface area contributed by atoms with Crippen LogP contribution in [-0.2, 0) is 27.8 Å². The molecule has 5 heteroatoms. The van der Waals surface area contributed by atoms with Gasteiger partial charge in [-0.15, -0.1) is 0 Å². The van der Waals surface area contributed by atoms with Crippen LogP contribution in [0.3, 0.4) is 0 Å². The predicted octanol–water partition coefficient (Wildman–Crippen LogP) is 3.84. The Bertz CT molecular complexity index is 1030. The maximum atomic E-state index is 12.8. The van der Waals surface area contributed by atoms with Gasteiger partial charge in [0.25, 0.3) is 0 Å². The zero-order chi connectivity index (χ0) is 19.6. The van der Waals surface area contributed by atoms with Crippen LogP contribution in [0.25, 0.3) is 0 Å². The van der Waals surface area contributed by atoms with Crippen molar-refractivity contribution in [3.05, 3.63) is 53.2 Å². The zero-order valence-electron chi connectivity index (χ0n) is 16.4. The number of hydrogen-bond donors (Lipinski definition) is 2. The first-order valence-electron chi connectivity index (χ1n) is 10.8. The van der Waals surface area contributed by atoms with Gasteiger partial charge in [-0.2, -0.15) is 0 Å². The first kappa shape index (κ1) is 17.2. The lowest BCUT2D eigenvalue weighted by Gasteiger charge is -2.21. The molecule has 29 heavy (non-hydrogen) atoms. The Morgan fingerprint density at radius 3 is 2.90 bits per heavy atom. The minimum absolute atomic E-state index is 0.0317. The molecule has 2 heterocycles. The van der Waals surface area contributed by atoms with Crippen molar-refractivity contribution in [2.45, 2.75) is 50.4 Å². The van der Waals surface area contributed by atoms with Crippen molar-refractivity contribution < 1.29 is 9.59 Å². The van der Waals surface area contributed by atoms with Gasteiger partial charge in [0, 0.05) is 23.9 Å². The van der Waals surface area contributed by atoms with E-state index in [1.54, 1.807) is 6.20 Å². The molecular formula is C24H25N3O2. The molecule has 2 saturated carbocycles. The lowest BCUT2D eigenvalue weighted by Crippen LogP contribution is -2.35. The van der Waals surface area contributed by atoms with Crippen molar-refractivity contribution in [3.63, 3.8) is 0 Å². The van der Waals surface area contributed by atoms with E-state index in [0.717, 1.165) is 28.7 Å². The van der Waals surface area contributed by atoms with E-state index in [9.17, 15) is 9.59 Å². The number of anilines is 2. The summed E-state index contributed by atoms with van der Waals surface area (Å²) in [5, 5.41) is 6.06. The van der Waals surface area contributed by atoms with E-state index in [1.165, 1.54) is 31.2 Å². The van der Waals surface area contributed by atoms with E-state index in [1.807, 2.05) is 18.2 Å². The molecular weight excluding hydrogens is 362 g/mol. The summed E-state index contributed by atoms with van der Waals surface area (Å²) in [5.41, 5.74) is 3.61. The Balaban J connectivity index is 1.19. The van der Waals surface area contributed by atoms with Crippen LogP contribution in [0.1, 0.15) is 48.8 Å². The maximum absolute atomic E-state index is 12.8. The summed E-state index contributed by atoms with van der Waals surface area (Å²) in [6.07, 6.45) is 8.93. The summed E-state index contributed by atoms with van der Waals surface area (Å²) in [6, 6.07) is 10.0. The fourth-order valence-corrected chi connectivity index (χ4v) is 6.42. The standard InChI is InChI=1S/C24H25N3O2/c28-21(11-17-9-14-3-4-15(17)8-14)26-19-6-5-16-12-24(13-18(16)10-19)20-2-1-7-25-22(20)27-23(24)29/h1-2,5-7,10,14-15,17H,3-4,8-9,11-13H2,(H,26,28)(H,25,27,29)/t14-,15+,17?,24?/m1/s1. The molecule has 148 valence electrons. The highest BCUT2D eigenvalue weighted by molar-refractivity contribution is 6.06. The summed E-state index contributed by atoms with van der Waals surface area (Å²) in [5.74, 6) is 3.04. The second kappa shape index (κ2) is 6.15. The highest BCUT2D eigenvalue weighted by Crippen LogP contribution is 2.50. The number of carbonyl (C=O) groups is 2. The number of hydrogen-bond acceptors (Lipinski definition) is 3. The average molecular weight is 387 g/mol. The molecule has 1 aliphatic heterocycles.